The van der Waals surface area contributed by atoms with Gasteiger partial charge in [-0.15, -0.1) is 14.8 Å². The van der Waals surface area contributed by atoms with Crippen LogP contribution in [0, 0.1) is 0 Å². The second-order valence-corrected chi connectivity index (χ2v) is 1.09. The van der Waals surface area contributed by atoms with Crippen molar-refractivity contribution in [1.82, 2.24) is 0 Å². The Hall–Kier alpha value is -0.330. The SMILES string of the molecule is CC(OF)(OF)OF. The lowest BCUT2D eigenvalue weighted by atomic mass is 10.7. The van der Waals surface area contributed by atoms with Gasteiger partial charge in [-0.3, -0.25) is 0 Å². The van der Waals surface area contributed by atoms with Crippen LogP contribution in [0.5, 0.6) is 0 Å². The van der Waals surface area contributed by atoms with E-state index in [2.05, 4.69) is 14.8 Å². The molecule has 0 saturated carbocycles. The monoisotopic (exact) mass is 132 g/mol. The molecule has 0 spiro atoms. The Morgan fingerprint density at radius 3 is 1.25 bits per heavy atom. The third-order valence-electron chi connectivity index (χ3n) is 0.420. The Labute approximate surface area is 42.6 Å². The second kappa shape index (κ2) is 2.85. The molecule has 0 aromatic rings. The van der Waals surface area contributed by atoms with Crippen molar-refractivity contribution < 1.29 is 28.4 Å². The maximum Gasteiger partial charge on any atom is 0.378 e. The van der Waals surface area contributed by atoms with Crippen molar-refractivity contribution in [2.45, 2.75) is 12.9 Å². The summed E-state index contributed by atoms with van der Waals surface area (Å²) in [5.74, 6) is -2.88. The van der Waals surface area contributed by atoms with Crippen LogP contribution in [0.1, 0.15) is 6.92 Å². The first-order valence-corrected chi connectivity index (χ1v) is 1.58. The van der Waals surface area contributed by atoms with Gasteiger partial charge < -0.3 is 0 Å². The molecular weight excluding hydrogens is 129 g/mol. The quantitative estimate of drug-likeness (QED) is 0.542. The van der Waals surface area contributed by atoms with Crippen LogP contribution in [0.3, 0.4) is 0 Å². The molecule has 0 rings (SSSR count). The predicted molar refractivity (Wildman–Crippen MR) is 15.0 cm³/mol. The molecule has 8 heavy (non-hydrogen) atoms. The normalized spacial score (nSPS) is 12.0. The smallest absolute Gasteiger partial charge is 0.123 e. The molecule has 6 heteroatoms. The summed E-state index contributed by atoms with van der Waals surface area (Å²) < 4.78 is 32.4. The van der Waals surface area contributed by atoms with Crippen molar-refractivity contribution >= 4 is 0 Å². The van der Waals surface area contributed by atoms with Crippen LogP contribution < -0.4 is 0 Å². The van der Waals surface area contributed by atoms with Gasteiger partial charge in [0.2, 0.25) is 0 Å². The van der Waals surface area contributed by atoms with Gasteiger partial charge in [-0.1, -0.05) is 0 Å². The van der Waals surface area contributed by atoms with Crippen LogP contribution in [0.2, 0.25) is 0 Å². The lowest BCUT2D eigenvalue weighted by Gasteiger charge is -2.10. The fraction of sp³-hybridized carbons (Fsp3) is 1.00. The molecule has 3 nitrogen and oxygen atoms in total. The Bertz CT molecular complexity index is 55.3. The molecule has 0 aliphatic carbocycles. The van der Waals surface area contributed by atoms with E-state index in [1.807, 2.05) is 0 Å². The van der Waals surface area contributed by atoms with Crippen LogP contribution in [0.25, 0.3) is 0 Å². The van der Waals surface area contributed by atoms with Gasteiger partial charge in [-0.25, -0.2) is 0 Å². The molecule has 0 aromatic carbocycles. The predicted octanol–water partition coefficient (Wildman–Crippen LogP) is 1.36. The summed E-state index contributed by atoms with van der Waals surface area (Å²) in [4.78, 5) is 7.62. The maximum atomic E-state index is 10.8. The van der Waals surface area contributed by atoms with Crippen molar-refractivity contribution in [3.63, 3.8) is 0 Å². The number of halogens is 3. The number of hydrogen-bond acceptors (Lipinski definition) is 3. The summed E-state index contributed by atoms with van der Waals surface area (Å²) in [7, 11) is 0. The van der Waals surface area contributed by atoms with E-state index in [1.165, 1.54) is 0 Å². The Kier molecular flexibility index (Phi) is 2.74. The molecule has 0 aromatic heterocycles. The molecule has 0 aliphatic heterocycles. The molecule has 0 N–H and O–H groups in total. The first-order chi connectivity index (χ1) is 3.68. The van der Waals surface area contributed by atoms with E-state index in [9.17, 15) is 13.6 Å². The molecule has 0 bridgehead atoms. The molecular formula is C2H3F3O3. The Morgan fingerprint density at radius 1 is 1.00 bits per heavy atom. The Balaban J connectivity index is 3.58. The van der Waals surface area contributed by atoms with E-state index < -0.39 is 5.97 Å². The fourth-order valence-electron chi connectivity index (χ4n) is 0.0357. The van der Waals surface area contributed by atoms with Crippen molar-refractivity contribution in [2.75, 3.05) is 0 Å². The standard InChI is InChI=1S/C2H3F3O3/c1-2(6-3,7-4)8-5/h1H3. The van der Waals surface area contributed by atoms with Crippen molar-refractivity contribution in [1.29, 1.82) is 0 Å². The average molecular weight is 132 g/mol. The zero-order chi connectivity index (χ0) is 6.62. The molecule has 0 amide bonds. The molecule has 0 fully saturated rings. The van der Waals surface area contributed by atoms with E-state index in [-0.39, 0.29) is 0 Å². The first kappa shape index (κ1) is 7.67. The average Bonchev–Trinajstić information content (AvgIpc) is 1.87. The highest BCUT2D eigenvalue weighted by Gasteiger charge is 2.31. The first-order valence-electron chi connectivity index (χ1n) is 1.58. The van der Waals surface area contributed by atoms with Crippen molar-refractivity contribution in [3.05, 3.63) is 0 Å². The highest BCUT2D eigenvalue weighted by atomic mass is 19.3. The van der Waals surface area contributed by atoms with Gasteiger partial charge >= 0.3 is 5.97 Å². The van der Waals surface area contributed by atoms with E-state index in [0.29, 0.717) is 6.92 Å². The van der Waals surface area contributed by atoms with E-state index in [1.54, 1.807) is 0 Å². The maximum absolute atomic E-state index is 10.8. The van der Waals surface area contributed by atoms with Crippen LogP contribution >= 0.6 is 0 Å². The third kappa shape index (κ3) is 1.65. The molecule has 0 heterocycles. The minimum absolute atomic E-state index is 0.562. The summed E-state index contributed by atoms with van der Waals surface area (Å²) in [6.07, 6.45) is 0. The fourth-order valence-corrected chi connectivity index (χ4v) is 0.0357. The lowest BCUT2D eigenvalue weighted by molar-refractivity contribution is -0.540. The van der Waals surface area contributed by atoms with Gasteiger partial charge in [0.25, 0.3) is 0 Å². The zero-order valence-electron chi connectivity index (χ0n) is 3.86. The lowest BCUT2D eigenvalue weighted by Crippen LogP contribution is -2.26. The topological polar surface area (TPSA) is 27.7 Å². The molecule has 0 aliphatic rings. The van der Waals surface area contributed by atoms with E-state index in [0.717, 1.165) is 0 Å². The summed E-state index contributed by atoms with van der Waals surface area (Å²) in [6.45, 7) is 0.562. The van der Waals surface area contributed by atoms with E-state index in [4.69, 9.17) is 0 Å². The van der Waals surface area contributed by atoms with Gasteiger partial charge in [0.05, 0.1) is 0 Å². The Morgan fingerprint density at radius 2 is 1.25 bits per heavy atom. The summed E-state index contributed by atoms with van der Waals surface area (Å²) in [5.41, 5.74) is 0. The van der Waals surface area contributed by atoms with E-state index >= 15 is 0 Å². The summed E-state index contributed by atoms with van der Waals surface area (Å²) >= 11 is 0. The van der Waals surface area contributed by atoms with Crippen molar-refractivity contribution in [2.24, 2.45) is 0 Å². The molecule has 0 radical (unpaired) electrons. The largest absolute Gasteiger partial charge is 0.378 e. The molecule has 0 saturated heterocycles. The van der Waals surface area contributed by atoms with Gasteiger partial charge in [0, 0.05) is 6.92 Å². The van der Waals surface area contributed by atoms with Gasteiger partial charge in [0.1, 0.15) is 0 Å². The number of hydrogen-bond donors (Lipinski definition) is 0. The van der Waals surface area contributed by atoms with Crippen LogP contribution in [-0.2, 0) is 14.8 Å². The number of rotatable bonds is 3. The van der Waals surface area contributed by atoms with Gasteiger partial charge in [-0.2, -0.15) is 0 Å². The van der Waals surface area contributed by atoms with Crippen molar-refractivity contribution in [3.8, 4) is 0 Å². The van der Waals surface area contributed by atoms with Crippen LogP contribution in [0.15, 0.2) is 0 Å². The molecule has 0 unspecified atom stereocenters. The molecule has 0 atom stereocenters. The van der Waals surface area contributed by atoms with Crippen LogP contribution in [-0.4, -0.2) is 5.97 Å². The summed E-state index contributed by atoms with van der Waals surface area (Å²) in [5, 5.41) is 0. The zero-order valence-corrected chi connectivity index (χ0v) is 3.86. The third-order valence-corrected chi connectivity index (χ3v) is 0.420. The van der Waals surface area contributed by atoms with Crippen LogP contribution in [0.4, 0.5) is 13.6 Å². The van der Waals surface area contributed by atoms with Gasteiger partial charge in [-0.05, 0) is 13.6 Å². The highest BCUT2D eigenvalue weighted by Crippen LogP contribution is 2.14. The van der Waals surface area contributed by atoms with Gasteiger partial charge in [0.15, 0.2) is 0 Å². The molecule has 50 valence electrons. The minimum atomic E-state index is -2.88. The summed E-state index contributed by atoms with van der Waals surface area (Å²) in [6, 6.07) is 0. The highest BCUT2D eigenvalue weighted by molar-refractivity contribution is 4.31. The minimum Gasteiger partial charge on any atom is -0.123 e. The second-order valence-electron chi connectivity index (χ2n) is 1.09.